The number of methoxy groups -OCH3 is 2. The minimum atomic E-state index is -0.467. The van der Waals surface area contributed by atoms with Crippen LogP contribution < -0.4 is 10.1 Å². The van der Waals surface area contributed by atoms with Crippen molar-refractivity contribution in [3.8, 4) is 5.75 Å². The number of ether oxygens (including phenoxy) is 2. The monoisotopic (exact) mass is 409 g/mol. The predicted molar refractivity (Wildman–Crippen MR) is 112 cm³/mol. The second-order valence-electron chi connectivity index (χ2n) is 7.30. The van der Waals surface area contributed by atoms with Crippen LogP contribution in [0.25, 0.3) is 0 Å². The largest absolute Gasteiger partial charge is 0.497 e. The molecule has 2 heterocycles. The summed E-state index contributed by atoms with van der Waals surface area (Å²) in [6, 6.07) is 11.6. The molecule has 29 heavy (non-hydrogen) atoms. The van der Waals surface area contributed by atoms with Crippen LogP contribution in [0.4, 0.5) is 0 Å². The lowest BCUT2D eigenvalue weighted by Gasteiger charge is -2.36. The van der Waals surface area contributed by atoms with Gasteiger partial charge in [0, 0.05) is 40.1 Å². The van der Waals surface area contributed by atoms with Crippen LogP contribution in [0.2, 0.25) is 0 Å². The molecule has 1 N–H and O–H groups in total. The maximum atomic E-state index is 13.3. The Morgan fingerprint density at radius 3 is 2.69 bits per heavy atom. The van der Waals surface area contributed by atoms with Gasteiger partial charge in [-0.25, -0.2) is 4.79 Å². The van der Waals surface area contributed by atoms with Crippen LogP contribution >= 0.6 is 11.3 Å². The van der Waals surface area contributed by atoms with Crippen molar-refractivity contribution in [3.63, 3.8) is 0 Å². The van der Waals surface area contributed by atoms with Crippen molar-refractivity contribution in [2.45, 2.75) is 31.6 Å². The molecule has 0 fully saturated rings. The van der Waals surface area contributed by atoms with E-state index in [0.29, 0.717) is 23.3 Å². The van der Waals surface area contributed by atoms with Crippen LogP contribution in [0.1, 0.15) is 42.0 Å². The Bertz CT molecular complexity index is 1020. The van der Waals surface area contributed by atoms with Crippen molar-refractivity contribution < 1.29 is 19.1 Å². The number of dihydropyridines is 1. The van der Waals surface area contributed by atoms with Gasteiger partial charge in [-0.05, 0) is 42.5 Å². The molecule has 1 aromatic heterocycles. The average molecular weight is 410 g/mol. The van der Waals surface area contributed by atoms with Crippen molar-refractivity contribution >= 4 is 23.1 Å². The Morgan fingerprint density at radius 1 is 1.17 bits per heavy atom. The Balaban J connectivity index is 1.83. The summed E-state index contributed by atoms with van der Waals surface area (Å²) in [5.74, 6) is 0.0176. The third-order valence-corrected chi connectivity index (χ3v) is 6.64. The molecule has 150 valence electrons. The highest BCUT2D eigenvalue weighted by Gasteiger charge is 2.41. The first kappa shape index (κ1) is 19.5. The number of hydrogen-bond donors (Lipinski definition) is 1. The van der Waals surface area contributed by atoms with E-state index in [4.69, 9.17) is 9.47 Å². The van der Waals surface area contributed by atoms with Gasteiger partial charge in [-0.3, -0.25) is 4.79 Å². The molecule has 1 aliphatic carbocycles. The summed E-state index contributed by atoms with van der Waals surface area (Å²) < 4.78 is 10.4. The number of ketones is 1. The number of carbonyl (C=O) groups is 2. The van der Waals surface area contributed by atoms with Crippen LogP contribution in [0.5, 0.6) is 5.75 Å². The summed E-state index contributed by atoms with van der Waals surface area (Å²) in [5.41, 5.74) is 3.61. The first-order chi connectivity index (χ1) is 14.0. The fraction of sp³-hybridized carbons (Fsp3) is 0.304. The van der Waals surface area contributed by atoms with Gasteiger partial charge in [0.2, 0.25) is 0 Å². The smallest absolute Gasteiger partial charge is 0.336 e. The number of hydrogen-bond acceptors (Lipinski definition) is 6. The van der Waals surface area contributed by atoms with Crippen molar-refractivity contribution in [1.29, 1.82) is 0 Å². The minimum absolute atomic E-state index is 0.0684. The molecule has 4 rings (SSSR count). The highest BCUT2D eigenvalue weighted by Crippen LogP contribution is 2.46. The number of allylic oxidation sites excluding steroid dienone is 3. The molecule has 0 radical (unpaired) electrons. The number of rotatable bonds is 4. The lowest BCUT2D eigenvalue weighted by atomic mass is 9.72. The van der Waals surface area contributed by atoms with Gasteiger partial charge in [-0.1, -0.05) is 18.2 Å². The predicted octanol–water partition coefficient (Wildman–Crippen LogP) is 4.29. The van der Waals surface area contributed by atoms with Gasteiger partial charge in [0.05, 0.1) is 19.8 Å². The van der Waals surface area contributed by atoms with E-state index in [1.54, 1.807) is 18.4 Å². The van der Waals surface area contributed by atoms with Gasteiger partial charge < -0.3 is 14.8 Å². The van der Waals surface area contributed by atoms with Gasteiger partial charge in [-0.15, -0.1) is 11.3 Å². The van der Waals surface area contributed by atoms with E-state index in [2.05, 4.69) is 11.4 Å². The molecule has 0 spiro atoms. The molecule has 0 saturated heterocycles. The molecular weight excluding hydrogens is 386 g/mol. The number of carbonyl (C=O) groups excluding carboxylic acids is 2. The molecule has 2 atom stereocenters. The normalized spacial score (nSPS) is 21.6. The third kappa shape index (κ3) is 3.49. The molecule has 2 aromatic rings. The summed E-state index contributed by atoms with van der Waals surface area (Å²) in [5, 5.41) is 5.38. The van der Waals surface area contributed by atoms with Crippen molar-refractivity contribution in [2.24, 2.45) is 0 Å². The SMILES string of the molecule is COC(=O)C1=C(C)NC2=C(C(=O)C[C@@H](c3cccs3)C2)[C@@H]1c1cccc(OC)c1. The molecule has 6 heteroatoms. The fourth-order valence-electron chi connectivity index (χ4n) is 4.30. The zero-order chi connectivity index (χ0) is 20.5. The molecule has 1 aliphatic heterocycles. The summed E-state index contributed by atoms with van der Waals surface area (Å²) in [7, 11) is 2.97. The van der Waals surface area contributed by atoms with E-state index in [9.17, 15) is 9.59 Å². The molecule has 0 amide bonds. The van der Waals surface area contributed by atoms with E-state index in [1.807, 2.05) is 42.6 Å². The maximum absolute atomic E-state index is 13.3. The highest BCUT2D eigenvalue weighted by molar-refractivity contribution is 7.10. The van der Waals surface area contributed by atoms with Crippen molar-refractivity contribution in [2.75, 3.05) is 14.2 Å². The second-order valence-corrected chi connectivity index (χ2v) is 8.28. The summed E-state index contributed by atoms with van der Waals surface area (Å²) in [6.07, 6.45) is 1.18. The summed E-state index contributed by atoms with van der Waals surface area (Å²) in [4.78, 5) is 27.2. The number of esters is 1. The van der Waals surface area contributed by atoms with E-state index < -0.39 is 11.9 Å². The average Bonchev–Trinajstić information content (AvgIpc) is 3.27. The number of thiophene rings is 1. The van der Waals surface area contributed by atoms with Gasteiger partial charge in [-0.2, -0.15) is 0 Å². The molecule has 0 unspecified atom stereocenters. The van der Waals surface area contributed by atoms with Crippen LogP contribution in [-0.2, 0) is 14.3 Å². The topological polar surface area (TPSA) is 64.6 Å². The van der Waals surface area contributed by atoms with E-state index >= 15 is 0 Å². The quantitative estimate of drug-likeness (QED) is 0.763. The van der Waals surface area contributed by atoms with Crippen LogP contribution in [0.15, 0.2) is 64.3 Å². The van der Waals surface area contributed by atoms with Crippen molar-refractivity contribution in [3.05, 3.63) is 74.8 Å². The van der Waals surface area contributed by atoms with E-state index in [1.165, 1.54) is 12.0 Å². The zero-order valence-electron chi connectivity index (χ0n) is 16.7. The van der Waals surface area contributed by atoms with Gasteiger partial charge in [0.1, 0.15) is 5.75 Å². The highest BCUT2D eigenvalue weighted by atomic mass is 32.1. The molecule has 5 nitrogen and oxygen atoms in total. The van der Waals surface area contributed by atoms with Gasteiger partial charge >= 0.3 is 5.97 Å². The number of nitrogens with one attached hydrogen (secondary N) is 1. The van der Waals surface area contributed by atoms with Crippen LogP contribution in [0, 0.1) is 0 Å². The van der Waals surface area contributed by atoms with E-state index in [-0.39, 0.29) is 11.7 Å². The Hall–Kier alpha value is -2.86. The van der Waals surface area contributed by atoms with Crippen LogP contribution in [-0.4, -0.2) is 26.0 Å². The van der Waals surface area contributed by atoms with Crippen LogP contribution in [0.3, 0.4) is 0 Å². The first-order valence-electron chi connectivity index (χ1n) is 9.53. The fourth-order valence-corrected chi connectivity index (χ4v) is 5.13. The van der Waals surface area contributed by atoms with Crippen molar-refractivity contribution in [1.82, 2.24) is 5.32 Å². The maximum Gasteiger partial charge on any atom is 0.336 e. The van der Waals surface area contributed by atoms with Gasteiger partial charge in [0.15, 0.2) is 5.78 Å². The Morgan fingerprint density at radius 2 is 2.00 bits per heavy atom. The molecule has 1 aromatic carbocycles. The third-order valence-electron chi connectivity index (χ3n) is 5.61. The lowest BCUT2D eigenvalue weighted by molar-refractivity contribution is -0.136. The van der Waals surface area contributed by atoms with E-state index in [0.717, 1.165) is 23.4 Å². The lowest BCUT2D eigenvalue weighted by Crippen LogP contribution is -2.35. The summed E-state index contributed by atoms with van der Waals surface area (Å²) in [6.45, 7) is 1.86. The Labute approximate surface area is 174 Å². The number of benzene rings is 1. The number of Topliss-reactive ketones (excluding diaryl/α,β-unsaturated/α-hetero) is 1. The van der Waals surface area contributed by atoms with Gasteiger partial charge in [0.25, 0.3) is 0 Å². The minimum Gasteiger partial charge on any atom is -0.497 e. The first-order valence-corrected chi connectivity index (χ1v) is 10.4. The molecule has 0 saturated carbocycles. The molecule has 0 bridgehead atoms. The summed E-state index contributed by atoms with van der Waals surface area (Å²) >= 11 is 1.68. The Kier molecular flexibility index (Phi) is 5.28. The standard InChI is InChI=1S/C23H23NO4S/c1-13-20(23(26)28-3)21(14-6-4-7-16(10-14)27-2)22-17(24-13)11-15(12-18(22)25)19-8-5-9-29-19/h4-10,15,21,24H,11-12H2,1-3H3/t15-,21+/m0/s1. The second kappa shape index (κ2) is 7.87. The molecular formula is C23H23NO4S. The zero-order valence-corrected chi connectivity index (χ0v) is 17.5. The molecule has 2 aliphatic rings.